The van der Waals surface area contributed by atoms with Crippen LogP contribution in [0.4, 0.5) is 5.69 Å². The number of para-hydroxylation sites is 1. The molecule has 1 aliphatic rings. The summed E-state index contributed by atoms with van der Waals surface area (Å²) in [7, 11) is 1.61. The number of nitrogens with zero attached hydrogens (tertiary/aromatic N) is 3. The summed E-state index contributed by atoms with van der Waals surface area (Å²) < 4.78 is 4.92. The molecule has 0 radical (unpaired) electrons. The number of carbonyl (C=O) groups excluding carboxylic acids is 1. The molecule has 1 aromatic rings. The molecule has 1 aliphatic heterocycles. The first-order valence-electron chi connectivity index (χ1n) is 8.83. The first-order valence-corrected chi connectivity index (χ1v) is 8.83. The van der Waals surface area contributed by atoms with Crippen LogP contribution in [0.2, 0.25) is 0 Å². The van der Waals surface area contributed by atoms with Gasteiger partial charge in [-0.15, -0.1) is 0 Å². The molecule has 0 saturated carbocycles. The van der Waals surface area contributed by atoms with Crippen LogP contribution in [-0.2, 0) is 9.53 Å². The number of hydrogen-bond donors (Lipinski definition) is 2. The molecule has 7 nitrogen and oxygen atoms in total. The van der Waals surface area contributed by atoms with Gasteiger partial charge in [-0.25, -0.2) is 4.99 Å². The third-order valence-electron chi connectivity index (χ3n) is 4.04. The molecule has 1 aromatic carbocycles. The van der Waals surface area contributed by atoms with Gasteiger partial charge in [-0.2, -0.15) is 0 Å². The van der Waals surface area contributed by atoms with E-state index in [0.29, 0.717) is 13.2 Å². The minimum atomic E-state index is -0.0876. The van der Waals surface area contributed by atoms with Gasteiger partial charge in [0.2, 0.25) is 5.91 Å². The van der Waals surface area contributed by atoms with E-state index in [-0.39, 0.29) is 12.5 Å². The van der Waals surface area contributed by atoms with Crippen molar-refractivity contribution in [2.45, 2.75) is 6.92 Å². The average Bonchev–Trinajstić information content (AvgIpc) is 2.66. The molecular formula is C18H29N5O2. The summed E-state index contributed by atoms with van der Waals surface area (Å²) in [6.45, 7) is 7.61. The molecule has 1 heterocycles. The summed E-state index contributed by atoms with van der Waals surface area (Å²) in [5.41, 5.74) is 1.25. The van der Waals surface area contributed by atoms with Gasteiger partial charge < -0.3 is 25.2 Å². The number of nitrogens with one attached hydrogen (secondary N) is 2. The van der Waals surface area contributed by atoms with Crippen molar-refractivity contribution >= 4 is 17.6 Å². The Labute approximate surface area is 150 Å². The minimum absolute atomic E-state index is 0.0876. The zero-order chi connectivity index (χ0) is 17.9. The Hall–Kier alpha value is -2.28. The lowest BCUT2D eigenvalue weighted by molar-refractivity contribution is -0.119. The number of benzene rings is 1. The van der Waals surface area contributed by atoms with Crippen LogP contribution in [0.5, 0.6) is 0 Å². The standard InChI is InChI=1S/C18H29N5O2/c1-3-19-18(21-15-17(24)20-9-14-25-2)23-12-10-22(11-13-23)16-7-5-4-6-8-16/h4-8H,3,9-15H2,1-2H3,(H,19,21)(H,20,24). The molecule has 2 rings (SSSR count). The molecule has 2 N–H and O–H groups in total. The summed E-state index contributed by atoms with van der Waals surface area (Å²) in [6.07, 6.45) is 0. The van der Waals surface area contributed by atoms with E-state index < -0.39 is 0 Å². The van der Waals surface area contributed by atoms with E-state index in [1.165, 1.54) is 5.69 Å². The molecule has 0 bridgehead atoms. The monoisotopic (exact) mass is 347 g/mol. The first-order chi connectivity index (χ1) is 12.2. The normalized spacial score (nSPS) is 15.2. The summed E-state index contributed by atoms with van der Waals surface area (Å²) in [5.74, 6) is 0.715. The lowest BCUT2D eigenvalue weighted by Crippen LogP contribution is -2.52. The maximum atomic E-state index is 11.8. The third-order valence-corrected chi connectivity index (χ3v) is 4.04. The molecule has 0 atom stereocenters. The van der Waals surface area contributed by atoms with Gasteiger partial charge in [-0.3, -0.25) is 4.79 Å². The van der Waals surface area contributed by atoms with Crippen LogP contribution in [0.1, 0.15) is 6.92 Å². The number of amides is 1. The van der Waals surface area contributed by atoms with E-state index in [2.05, 4.69) is 49.7 Å². The summed E-state index contributed by atoms with van der Waals surface area (Å²) in [6, 6.07) is 10.4. The van der Waals surface area contributed by atoms with Gasteiger partial charge in [-0.1, -0.05) is 18.2 Å². The zero-order valence-electron chi connectivity index (χ0n) is 15.2. The van der Waals surface area contributed by atoms with E-state index in [1.807, 2.05) is 13.0 Å². The van der Waals surface area contributed by atoms with Crippen molar-refractivity contribution in [3.05, 3.63) is 30.3 Å². The van der Waals surface area contributed by atoms with Crippen molar-refractivity contribution in [1.29, 1.82) is 0 Å². The molecule has 1 saturated heterocycles. The van der Waals surface area contributed by atoms with E-state index in [1.54, 1.807) is 7.11 Å². The maximum Gasteiger partial charge on any atom is 0.241 e. The smallest absolute Gasteiger partial charge is 0.241 e. The number of hydrogen-bond acceptors (Lipinski definition) is 4. The van der Waals surface area contributed by atoms with Gasteiger partial charge in [0.05, 0.1) is 6.61 Å². The van der Waals surface area contributed by atoms with Crippen molar-refractivity contribution < 1.29 is 9.53 Å². The minimum Gasteiger partial charge on any atom is -0.383 e. The van der Waals surface area contributed by atoms with Crippen LogP contribution >= 0.6 is 0 Å². The molecule has 0 aliphatic carbocycles. The Morgan fingerprint density at radius 1 is 1.16 bits per heavy atom. The van der Waals surface area contributed by atoms with Gasteiger partial charge in [0, 0.05) is 52.1 Å². The quantitative estimate of drug-likeness (QED) is 0.428. The molecule has 1 fully saturated rings. The van der Waals surface area contributed by atoms with Crippen LogP contribution in [-0.4, -0.2) is 76.3 Å². The average molecular weight is 347 g/mol. The highest BCUT2D eigenvalue weighted by atomic mass is 16.5. The van der Waals surface area contributed by atoms with Crippen molar-refractivity contribution in [2.24, 2.45) is 4.99 Å². The Kier molecular flexibility index (Phi) is 8.04. The number of methoxy groups -OCH3 is 1. The predicted octanol–water partition coefficient (Wildman–Crippen LogP) is 0.537. The van der Waals surface area contributed by atoms with E-state index in [4.69, 9.17) is 4.74 Å². The van der Waals surface area contributed by atoms with Crippen molar-refractivity contribution in [3.8, 4) is 0 Å². The second kappa shape index (κ2) is 10.6. The SMILES string of the molecule is CCNC(=NCC(=O)NCCOC)N1CCN(c2ccccc2)CC1. The Morgan fingerprint density at radius 2 is 1.88 bits per heavy atom. The number of piperazine rings is 1. The van der Waals surface area contributed by atoms with Crippen LogP contribution < -0.4 is 15.5 Å². The largest absolute Gasteiger partial charge is 0.383 e. The van der Waals surface area contributed by atoms with E-state index >= 15 is 0 Å². The molecule has 0 aromatic heterocycles. The fourth-order valence-electron chi connectivity index (χ4n) is 2.74. The fraction of sp³-hybridized carbons (Fsp3) is 0.556. The molecule has 0 unspecified atom stereocenters. The van der Waals surface area contributed by atoms with E-state index in [0.717, 1.165) is 38.7 Å². The highest BCUT2D eigenvalue weighted by molar-refractivity contribution is 5.85. The summed E-state index contributed by atoms with van der Waals surface area (Å²) >= 11 is 0. The Morgan fingerprint density at radius 3 is 2.52 bits per heavy atom. The molecule has 0 spiro atoms. The van der Waals surface area contributed by atoms with Gasteiger partial charge in [-0.05, 0) is 19.1 Å². The van der Waals surface area contributed by atoms with Crippen molar-refractivity contribution in [2.75, 3.05) is 64.4 Å². The van der Waals surface area contributed by atoms with Crippen LogP contribution in [0.25, 0.3) is 0 Å². The highest BCUT2D eigenvalue weighted by Crippen LogP contribution is 2.15. The second-order valence-electron chi connectivity index (χ2n) is 5.82. The van der Waals surface area contributed by atoms with Gasteiger partial charge in [0.25, 0.3) is 0 Å². The van der Waals surface area contributed by atoms with Crippen molar-refractivity contribution in [1.82, 2.24) is 15.5 Å². The lowest BCUT2D eigenvalue weighted by atomic mass is 10.2. The number of anilines is 1. The fourth-order valence-corrected chi connectivity index (χ4v) is 2.74. The van der Waals surface area contributed by atoms with Crippen LogP contribution in [0.15, 0.2) is 35.3 Å². The number of rotatable bonds is 7. The molecule has 1 amide bonds. The summed E-state index contributed by atoms with van der Waals surface area (Å²) in [4.78, 5) is 20.9. The topological polar surface area (TPSA) is 69.2 Å². The van der Waals surface area contributed by atoms with Crippen LogP contribution in [0, 0.1) is 0 Å². The number of guanidine groups is 1. The second-order valence-corrected chi connectivity index (χ2v) is 5.82. The highest BCUT2D eigenvalue weighted by Gasteiger charge is 2.19. The number of ether oxygens (including phenoxy) is 1. The lowest BCUT2D eigenvalue weighted by Gasteiger charge is -2.37. The number of carbonyl (C=O) groups is 1. The third kappa shape index (κ3) is 6.26. The molecule has 7 heteroatoms. The molecule has 138 valence electrons. The molecule has 25 heavy (non-hydrogen) atoms. The maximum absolute atomic E-state index is 11.8. The van der Waals surface area contributed by atoms with Crippen LogP contribution in [0.3, 0.4) is 0 Å². The van der Waals surface area contributed by atoms with Crippen molar-refractivity contribution in [3.63, 3.8) is 0 Å². The van der Waals surface area contributed by atoms with E-state index in [9.17, 15) is 4.79 Å². The zero-order valence-corrected chi connectivity index (χ0v) is 15.2. The number of aliphatic imine (C=N–C) groups is 1. The predicted molar refractivity (Wildman–Crippen MR) is 101 cm³/mol. The van der Waals surface area contributed by atoms with Gasteiger partial charge in [0.15, 0.2) is 5.96 Å². The first kappa shape index (κ1) is 19.1. The Bertz CT molecular complexity index is 542. The Balaban J connectivity index is 1.86. The van der Waals surface area contributed by atoms with Gasteiger partial charge >= 0.3 is 0 Å². The van der Waals surface area contributed by atoms with Gasteiger partial charge in [0.1, 0.15) is 6.54 Å². The molecular weight excluding hydrogens is 318 g/mol. The summed E-state index contributed by atoms with van der Waals surface area (Å²) in [5, 5.41) is 6.07.